The Bertz CT molecular complexity index is 855. The minimum Gasteiger partial charge on any atom is -0.489 e. The zero-order valence-corrected chi connectivity index (χ0v) is 13.8. The normalized spacial score (nSPS) is 10.6. The van der Waals surface area contributed by atoms with Crippen molar-refractivity contribution >= 4 is 29.6 Å². The van der Waals surface area contributed by atoms with E-state index in [-0.39, 0.29) is 5.57 Å². The first-order chi connectivity index (χ1) is 12.0. The maximum atomic E-state index is 11.6. The molecule has 0 bridgehead atoms. The second kappa shape index (κ2) is 8.52. The van der Waals surface area contributed by atoms with E-state index in [9.17, 15) is 9.59 Å². The number of hydrogen-bond acceptors (Lipinski definition) is 4. The number of amides is 3. The lowest BCUT2D eigenvalue weighted by atomic mass is 10.1. The Morgan fingerprint density at radius 3 is 2.48 bits per heavy atom. The number of rotatable bonds is 5. The Hall–Kier alpha value is -3.30. The molecule has 0 aliphatic heterocycles. The van der Waals surface area contributed by atoms with Gasteiger partial charge in [-0.25, -0.2) is 4.79 Å². The van der Waals surface area contributed by atoms with Gasteiger partial charge in [-0.05, 0) is 29.8 Å². The van der Waals surface area contributed by atoms with Crippen LogP contribution >= 0.6 is 11.6 Å². The summed E-state index contributed by atoms with van der Waals surface area (Å²) in [5.74, 6) is -0.244. The molecule has 0 aliphatic carbocycles. The molecule has 3 N–H and O–H groups in total. The molecule has 126 valence electrons. The maximum Gasteiger partial charge on any atom is 0.319 e. The van der Waals surface area contributed by atoms with Gasteiger partial charge >= 0.3 is 6.03 Å². The highest BCUT2D eigenvalue weighted by Gasteiger charge is 2.10. The van der Waals surface area contributed by atoms with Crippen LogP contribution < -0.4 is 15.8 Å². The van der Waals surface area contributed by atoms with E-state index in [1.54, 1.807) is 36.4 Å². The summed E-state index contributed by atoms with van der Waals surface area (Å²) in [6, 6.07) is 14.8. The van der Waals surface area contributed by atoms with Crippen molar-refractivity contribution in [2.45, 2.75) is 6.61 Å². The molecule has 0 atom stereocenters. The van der Waals surface area contributed by atoms with Crippen molar-refractivity contribution < 1.29 is 14.3 Å². The molecule has 0 saturated carbocycles. The fourth-order valence-corrected chi connectivity index (χ4v) is 2.12. The van der Waals surface area contributed by atoms with Crippen LogP contribution in [-0.4, -0.2) is 11.9 Å². The first kappa shape index (κ1) is 18.0. The van der Waals surface area contributed by atoms with E-state index in [2.05, 4.69) is 0 Å². The molecular weight excluding hydrogens is 342 g/mol. The van der Waals surface area contributed by atoms with Crippen LogP contribution in [0.1, 0.15) is 11.1 Å². The Morgan fingerprint density at radius 1 is 1.20 bits per heavy atom. The van der Waals surface area contributed by atoms with Gasteiger partial charge in [0.2, 0.25) is 0 Å². The average molecular weight is 356 g/mol. The lowest BCUT2D eigenvalue weighted by Crippen LogP contribution is -2.35. The monoisotopic (exact) mass is 355 g/mol. The third-order valence-corrected chi connectivity index (χ3v) is 3.51. The van der Waals surface area contributed by atoms with Gasteiger partial charge in [-0.2, -0.15) is 5.26 Å². The van der Waals surface area contributed by atoms with Gasteiger partial charge < -0.3 is 10.5 Å². The van der Waals surface area contributed by atoms with Crippen LogP contribution in [0.25, 0.3) is 6.08 Å². The predicted molar refractivity (Wildman–Crippen MR) is 93.5 cm³/mol. The molecule has 0 fully saturated rings. The number of carbonyl (C=O) groups excluding carboxylic acids is 2. The molecule has 2 aromatic carbocycles. The van der Waals surface area contributed by atoms with Gasteiger partial charge in [0.05, 0.1) is 0 Å². The number of nitriles is 1. The van der Waals surface area contributed by atoms with Crippen LogP contribution in [0.3, 0.4) is 0 Å². The van der Waals surface area contributed by atoms with Crippen LogP contribution in [0.4, 0.5) is 4.79 Å². The van der Waals surface area contributed by atoms with Crippen LogP contribution in [-0.2, 0) is 11.4 Å². The first-order valence-electron chi connectivity index (χ1n) is 7.18. The highest BCUT2D eigenvalue weighted by atomic mass is 35.5. The van der Waals surface area contributed by atoms with E-state index in [1.807, 2.05) is 23.5 Å². The molecular formula is C18H14ClN3O3. The second-order valence-corrected chi connectivity index (χ2v) is 5.34. The average Bonchev–Trinajstić information content (AvgIpc) is 2.59. The van der Waals surface area contributed by atoms with Gasteiger partial charge in [0.25, 0.3) is 5.91 Å². The summed E-state index contributed by atoms with van der Waals surface area (Å²) < 4.78 is 5.65. The summed E-state index contributed by atoms with van der Waals surface area (Å²) in [4.78, 5) is 22.3. The number of urea groups is 1. The van der Waals surface area contributed by atoms with E-state index < -0.39 is 11.9 Å². The van der Waals surface area contributed by atoms with Gasteiger partial charge in [0.15, 0.2) is 0 Å². The Labute approximate surface area is 149 Å². The quantitative estimate of drug-likeness (QED) is 0.635. The molecule has 7 heteroatoms. The van der Waals surface area contributed by atoms with E-state index in [4.69, 9.17) is 27.3 Å². The Morgan fingerprint density at radius 2 is 1.88 bits per heavy atom. The van der Waals surface area contributed by atoms with Crippen molar-refractivity contribution in [2.24, 2.45) is 5.73 Å². The number of ether oxygens (including phenoxy) is 1. The highest BCUT2D eigenvalue weighted by Crippen LogP contribution is 2.19. The molecule has 2 rings (SSSR count). The van der Waals surface area contributed by atoms with Crippen LogP contribution in [0.5, 0.6) is 5.75 Å². The summed E-state index contributed by atoms with van der Waals surface area (Å²) in [7, 11) is 0. The smallest absolute Gasteiger partial charge is 0.319 e. The largest absolute Gasteiger partial charge is 0.489 e. The van der Waals surface area contributed by atoms with Crippen molar-refractivity contribution in [1.82, 2.24) is 5.32 Å². The molecule has 0 heterocycles. The molecule has 3 amide bonds. The summed E-state index contributed by atoms with van der Waals surface area (Å²) in [6.07, 6.45) is 1.34. The van der Waals surface area contributed by atoms with E-state index in [0.29, 0.717) is 22.9 Å². The molecule has 0 saturated heterocycles. The zero-order valence-electron chi connectivity index (χ0n) is 13.0. The number of carbonyl (C=O) groups is 2. The number of halogens is 1. The minimum atomic E-state index is -1.02. The van der Waals surface area contributed by atoms with Crippen LogP contribution in [0, 0.1) is 11.3 Å². The standard InChI is InChI=1S/C18H14ClN3O3/c19-16-4-2-1-3-13(16)11-25-15-7-5-12(6-8-15)9-14(10-20)17(23)22-18(21)24/h1-9H,11H2,(H3,21,22,23,24)/b14-9-. The van der Waals surface area contributed by atoms with Gasteiger partial charge in [0.1, 0.15) is 24.0 Å². The summed E-state index contributed by atoms with van der Waals surface area (Å²) in [6.45, 7) is 0.319. The van der Waals surface area contributed by atoms with Crippen molar-refractivity contribution in [3.8, 4) is 11.8 Å². The molecule has 0 aromatic heterocycles. The third kappa shape index (κ3) is 5.37. The Kier molecular flexibility index (Phi) is 6.15. The predicted octanol–water partition coefficient (Wildman–Crippen LogP) is 3.02. The molecule has 0 radical (unpaired) electrons. The molecule has 6 nitrogen and oxygen atoms in total. The van der Waals surface area contributed by atoms with Gasteiger partial charge in [0, 0.05) is 10.6 Å². The molecule has 0 spiro atoms. The number of benzene rings is 2. The maximum absolute atomic E-state index is 11.6. The SMILES string of the molecule is N#C/C(=C/c1ccc(OCc2ccccc2Cl)cc1)C(=O)NC(N)=O. The van der Waals surface area contributed by atoms with E-state index in [0.717, 1.165) is 5.56 Å². The fourth-order valence-electron chi connectivity index (χ4n) is 1.93. The summed E-state index contributed by atoms with van der Waals surface area (Å²) in [5, 5.41) is 11.5. The first-order valence-corrected chi connectivity index (χ1v) is 7.56. The zero-order chi connectivity index (χ0) is 18.2. The van der Waals surface area contributed by atoms with E-state index in [1.165, 1.54) is 6.08 Å². The number of nitrogens with zero attached hydrogens (tertiary/aromatic N) is 1. The van der Waals surface area contributed by atoms with Crippen LogP contribution in [0.15, 0.2) is 54.1 Å². The highest BCUT2D eigenvalue weighted by molar-refractivity contribution is 6.31. The topological polar surface area (TPSA) is 105 Å². The number of nitrogens with one attached hydrogen (secondary N) is 1. The molecule has 25 heavy (non-hydrogen) atoms. The molecule has 0 aliphatic rings. The van der Waals surface area contributed by atoms with Crippen molar-refractivity contribution in [3.05, 3.63) is 70.3 Å². The number of hydrogen-bond donors (Lipinski definition) is 2. The number of nitrogens with two attached hydrogens (primary N) is 1. The number of imide groups is 1. The Balaban J connectivity index is 2.05. The van der Waals surface area contributed by atoms with Gasteiger partial charge in [-0.15, -0.1) is 0 Å². The third-order valence-electron chi connectivity index (χ3n) is 3.15. The summed E-state index contributed by atoms with van der Waals surface area (Å²) in [5.41, 5.74) is 6.09. The fraction of sp³-hybridized carbons (Fsp3) is 0.0556. The van der Waals surface area contributed by atoms with Crippen molar-refractivity contribution in [1.29, 1.82) is 5.26 Å². The minimum absolute atomic E-state index is 0.233. The molecule has 2 aromatic rings. The van der Waals surface area contributed by atoms with E-state index >= 15 is 0 Å². The van der Waals surface area contributed by atoms with Gasteiger partial charge in [-0.1, -0.05) is 41.9 Å². The molecule has 0 unspecified atom stereocenters. The summed E-state index contributed by atoms with van der Waals surface area (Å²) >= 11 is 6.07. The van der Waals surface area contributed by atoms with Crippen LogP contribution in [0.2, 0.25) is 5.02 Å². The number of primary amides is 1. The lowest BCUT2D eigenvalue weighted by molar-refractivity contribution is -0.115. The van der Waals surface area contributed by atoms with Crippen molar-refractivity contribution in [2.75, 3.05) is 0 Å². The lowest BCUT2D eigenvalue weighted by Gasteiger charge is -2.08. The second-order valence-electron chi connectivity index (χ2n) is 4.94. The van der Waals surface area contributed by atoms with Crippen molar-refractivity contribution in [3.63, 3.8) is 0 Å². The van der Waals surface area contributed by atoms with Gasteiger partial charge in [-0.3, -0.25) is 10.1 Å².